The van der Waals surface area contributed by atoms with Crippen molar-refractivity contribution in [3.05, 3.63) is 34.4 Å². The van der Waals surface area contributed by atoms with Gasteiger partial charge >= 0.3 is 0 Å². The maximum absolute atomic E-state index is 13.4. The molecule has 0 N–H and O–H groups in total. The lowest BCUT2D eigenvalue weighted by Gasteiger charge is -2.32. The average Bonchev–Trinajstić information content (AvgIpc) is 2.85. The van der Waals surface area contributed by atoms with Gasteiger partial charge in [-0.2, -0.15) is 0 Å². The van der Waals surface area contributed by atoms with Gasteiger partial charge in [-0.05, 0) is 62.0 Å². The van der Waals surface area contributed by atoms with Crippen LogP contribution in [0.15, 0.2) is 12.1 Å². The fraction of sp³-hybridized carbons (Fsp3) is 0.706. The van der Waals surface area contributed by atoms with Gasteiger partial charge in [-0.15, -0.1) is 0 Å². The normalized spacial score (nSPS) is 19.1. The van der Waals surface area contributed by atoms with Gasteiger partial charge in [0.15, 0.2) is 11.6 Å². The van der Waals surface area contributed by atoms with Gasteiger partial charge in [-0.1, -0.05) is 91.2 Å². The maximum atomic E-state index is 13.4. The van der Waals surface area contributed by atoms with Crippen LogP contribution in [0.4, 0.5) is 0 Å². The molecule has 1 saturated carbocycles. The van der Waals surface area contributed by atoms with E-state index < -0.39 is 0 Å². The topological polar surface area (TPSA) is 68.3 Å². The molecule has 212 valence electrons. The second-order valence-corrected chi connectivity index (χ2v) is 12.0. The summed E-state index contributed by atoms with van der Waals surface area (Å²) in [5.74, 6) is 0.919. The minimum atomic E-state index is -0.139. The molecule has 38 heavy (non-hydrogen) atoms. The van der Waals surface area contributed by atoms with Crippen molar-refractivity contribution in [1.82, 2.24) is 0 Å². The Kier molecular flexibility index (Phi) is 13.6. The molecule has 3 atom stereocenters. The van der Waals surface area contributed by atoms with Crippen LogP contribution < -0.4 is 0 Å². The Balaban J connectivity index is 0.00000161. The number of hydrogen-bond acceptors (Lipinski definition) is 4. The first kappa shape index (κ1) is 32.1. The third kappa shape index (κ3) is 8.99. The monoisotopic (exact) mass is 524 g/mol. The van der Waals surface area contributed by atoms with Crippen LogP contribution in [0.5, 0.6) is 0 Å². The Morgan fingerprint density at radius 2 is 1.61 bits per heavy atom. The number of fused-ring (bicyclic) bond motifs is 1. The molecule has 0 spiro atoms. The van der Waals surface area contributed by atoms with Crippen LogP contribution in [0.1, 0.15) is 150 Å². The van der Waals surface area contributed by atoms with E-state index in [0.29, 0.717) is 18.8 Å². The van der Waals surface area contributed by atoms with Crippen molar-refractivity contribution in [2.45, 2.75) is 131 Å². The number of rotatable bonds is 12. The number of carbonyl (C=O) groups excluding carboxylic acids is 4. The molecule has 3 rings (SSSR count). The lowest BCUT2D eigenvalue weighted by molar-refractivity contribution is -0.129. The number of benzene rings is 1. The fourth-order valence-electron chi connectivity index (χ4n) is 6.76. The Labute approximate surface area is 231 Å². The molecule has 1 fully saturated rings. The van der Waals surface area contributed by atoms with Crippen LogP contribution in [-0.2, 0) is 16.0 Å². The molecule has 0 radical (unpaired) electrons. The summed E-state index contributed by atoms with van der Waals surface area (Å²) in [5.41, 5.74) is 3.43. The first-order valence-electron chi connectivity index (χ1n) is 15.4. The minimum Gasteiger partial charge on any atom is -0.300 e. The predicted molar refractivity (Wildman–Crippen MR) is 156 cm³/mol. The van der Waals surface area contributed by atoms with E-state index in [1.165, 1.54) is 32.6 Å². The molecule has 3 unspecified atom stereocenters. The number of carbonyl (C=O) groups is 4. The standard InChI is InChI=1S/C31H44O4.C3H8/c1-5-10-24(25(6-2)28(33)15-21(4)32)16-23-17-27-26(14-13-20(3)31(27)30(35)19-23)29(34)18-22-11-8-7-9-12-22;1-3-2/h13-14,22-25H,5-12,15-19H2,1-4H3;3H2,1-2H3. The summed E-state index contributed by atoms with van der Waals surface area (Å²) < 4.78 is 0. The number of Topliss-reactive ketones (excluding diaryl/α,β-unsaturated/α-hetero) is 4. The van der Waals surface area contributed by atoms with Gasteiger partial charge in [0.2, 0.25) is 0 Å². The van der Waals surface area contributed by atoms with Gasteiger partial charge < -0.3 is 0 Å². The van der Waals surface area contributed by atoms with Crippen LogP contribution >= 0.6 is 0 Å². The van der Waals surface area contributed by atoms with Crippen molar-refractivity contribution in [2.24, 2.45) is 23.7 Å². The van der Waals surface area contributed by atoms with E-state index in [1.54, 1.807) is 0 Å². The highest BCUT2D eigenvalue weighted by atomic mass is 16.1. The summed E-state index contributed by atoms with van der Waals surface area (Å²) in [6.07, 6.45) is 12.4. The highest BCUT2D eigenvalue weighted by molar-refractivity contribution is 6.05. The first-order chi connectivity index (χ1) is 18.2. The Morgan fingerprint density at radius 1 is 0.947 bits per heavy atom. The van der Waals surface area contributed by atoms with E-state index >= 15 is 0 Å². The van der Waals surface area contributed by atoms with Crippen molar-refractivity contribution < 1.29 is 19.2 Å². The van der Waals surface area contributed by atoms with Crippen molar-refractivity contribution in [2.75, 3.05) is 0 Å². The maximum Gasteiger partial charge on any atom is 0.163 e. The van der Waals surface area contributed by atoms with Crippen molar-refractivity contribution in [1.29, 1.82) is 0 Å². The molecule has 4 heteroatoms. The lowest BCUT2D eigenvalue weighted by atomic mass is 9.71. The van der Waals surface area contributed by atoms with Crippen molar-refractivity contribution in [3.63, 3.8) is 0 Å². The van der Waals surface area contributed by atoms with Crippen LogP contribution in [0.2, 0.25) is 0 Å². The van der Waals surface area contributed by atoms with Gasteiger partial charge in [0.1, 0.15) is 11.6 Å². The summed E-state index contributed by atoms with van der Waals surface area (Å²) in [5, 5.41) is 0. The molecule has 0 heterocycles. The van der Waals surface area contributed by atoms with E-state index in [4.69, 9.17) is 0 Å². The second-order valence-electron chi connectivity index (χ2n) is 12.0. The second kappa shape index (κ2) is 16.1. The Hall–Kier alpha value is -2.10. The lowest BCUT2D eigenvalue weighted by Crippen LogP contribution is -2.30. The highest BCUT2D eigenvalue weighted by Gasteiger charge is 2.34. The summed E-state index contributed by atoms with van der Waals surface area (Å²) in [6.45, 7) is 11.9. The summed E-state index contributed by atoms with van der Waals surface area (Å²) in [7, 11) is 0. The molecule has 0 aliphatic heterocycles. The quantitative estimate of drug-likeness (QED) is 0.202. The molecule has 1 aromatic carbocycles. The van der Waals surface area contributed by atoms with Gasteiger partial charge in [-0.3, -0.25) is 19.2 Å². The zero-order chi connectivity index (χ0) is 28.2. The van der Waals surface area contributed by atoms with Crippen molar-refractivity contribution >= 4 is 23.1 Å². The van der Waals surface area contributed by atoms with Gasteiger partial charge in [0, 0.05) is 29.9 Å². The Morgan fingerprint density at radius 3 is 2.18 bits per heavy atom. The van der Waals surface area contributed by atoms with Gasteiger partial charge in [-0.25, -0.2) is 0 Å². The van der Waals surface area contributed by atoms with E-state index in [2.05, 4.69) is 20.8 Å². The molecule has 1 aromatic rings. The minimum absolute atomic E-state index is 0.00413. The first-order valence-corrected chi connectivity index (χ1v) is 15.4. The molecular weight excluding hydrogens is 472 g/mol. The highest BCUT2D eigenvalue weighted by Crippen LogP contribution is 2.38. The van der Waals surface area contributed by atoms with Crippen LogP contribution in [-0.4, -0.2) is 23.1 Å². The zero-order valence-corrected chi connectivity index (χ0v) is 25.0. The molecule has 2 aliphatic carbocycles. The average molecular weight is 525 g/mol. The largest absolute Gasteiger partial charge is 0.300 e. The number of hydrogen-bond donors (Lipinski definition) is 0. The molecule has 2 aliphatic rings. The van der Waals surface area contributed by atoms with Crippen LogP contribution in [0.25, 0.3) is 0 Å². The number of aryl methyl sites for hydroxylation is 1. The zero-order valence-electron chi connectivity index (χ0n) is 25.0. The predicted octanol–water partition coefficient (Wildman–Crippen LogP) is 8.69. The SMILES string of the molecule is CCC.CCCC(CC1CC(=O)c2c(C)ccc(C(=O)CC3CCCCC3)c2C1)C(CC)C(=O)CC(C)=O. The Bertz CT molecular complexity index is 953. The molecular formula is C34H52O4. The van der Waals surface area contributed by atoms with E-state index in [0.717, 1.165) is 67.2 Å². The van der Waals surface area contributed by atoms with E-state index in [9.17, 15) is 19.2 Å². The fourth-order valence-corrected chi connectivity index (χ4v) is 6.76. The smallest absolute Gasteiger partial charge is 0.163 e. The molecule has 4 nitrogen and oxygen atoms in total. The van der Waals surface area contributed by atoms with Gasteiger partial charge in [0.25, 0.3) is 0 Å². The van der Waals surface area contributed by atoms with E-state index in [1.807, 2.05) is 26.0 Å². The van der Waals surface area contributed by atoms with Crippen LogP contribution in [0, 0.1) is 30.6 Å². The third-order valence-electron chi connectivity index (χ3n) is 8.41. The van der Waals surface area contributed by atoms with Crippen molar-refractivity contribution in [3.8, 4) is 0 Å². The summed E-state index contributed by atoms with van der Waals surface area (Å²) in [4.78, 5) is 51.2. The number of ketones is 4. The molecule has 0 aromatic heterocycles. The summed E-state index contributed by atoms with van der Waals surface area (Å²) >= 11 is 0. The molecule has 0 amide bonds. The third-order valence-corrected chi connectivity index (χ3v) is 8.41. The van der Waals surface area contributed by atoms with Crippen LogP contribution in [0.3, 0.4) is 0 Å². The molecule has 0 saturated heterocycles. The van der Waals surface area contributed by atoms with Gasteiger partial charge in [0.05, 0.1) is 6.42 Å². The van der Waals surface area contributed by atoms with E-state index in [-0.39, 0.29) is 47.3 Å². The molecule has 0 bridgehead atoms. The summed E-state index contributed by atoms with van der Waals surface area (Å²) in [6, 6.07) is 3.89.